The molecule has 42 heavy (non-hydrogen) atoms. The molecule has 3 aliphatic rings. The predicted octanol–water partition coefficient (Wildman–Crippen LogP) is 6.15. The number of benzene rings is 2. The molecule has 0 saturated carbocycles. The average molecular weight is 569 g/mol. The molecule has 0 atom stereocenters. The predicted molar refractivity (Wildman–Crippen MR) is 153 cm³/mol. The Labute approximate surface area is 243 Å². The van der Waals surface area contributed by atoms with Crippen LogP contribution in [0.4, 0.5) is 5.69 Å². The van der Waals surface area contributed by atoms with E-state index in [0.29, 0.717) is 65.5 Å². The quantitative estimate of drug-likeness (QED) is 0.256. The maximum absolute atomic E-state index is 13.7. The number of nitrogens with zero attached hydrogens (tertiary/aromatic N) is 4. The summed E-state index contributed by atoms with van der Waals surface area (Å²) in [4.78, 5) is 38.0. The molecule has 1 aromatic heterocycles. The Hall–Kier alpha value is -4.60. The van der Waals surface area contributed by atoms with Crippen molar-refractivity contribution in [2.45, 2.75) is 65.9 Å². The van der Waals surface area contributed by atoms with Crippen molar-refractivity contribution in [1.82, 2.24) is 15.0 Å². The van der Waals surface area contributed by atoms with Crippen molar-refractivity contribution in [2.24, 2.45) is 10.8 Å². The van der Waals surface area contributed by atoms with E-state index in [1.54, 1.807) is 18.3 Å². The van der Waals surface area contributed by atoms with E-state index >= 15 is 0 Å². The third kappa shape index (κ3) is 5.13. The second-order valence-corrected chi connectivity index (χ2v) is 12.8. The highest BCUT2D eigenvalue weighted by Gasteiger charge is 2.48. The van der Waals surface area contributed by atoms with Crippen LogP contribution >= 0.6 is 0 Å². The van der Waals surface area contributed by atoms with Gasteiger partial charge in [-0.3, -0.25) is 19.7 Å². The molecule has 10 nitrogen and oxygen atoms in total. The molecule has 10 heteroatoms. The molecular formula is C32H32N4O6. The lowest BCUT2D eigenvalue weighted by Gasteiger charge is -2.43. The molecule has 2 aromatic carbocycles. The number of aromatic nitrogens is 3. The van der Waals surface area contributed by atoms with E-state index in [-0.39, 0.29) is 34.7 Å². The van der Waals surface area contributed by atoms with E-state index < -0.39 is 10.8 Å². The molecule has 6 rings (SSSR count). The largest absolute Gasteiger partial charge is 0.487 e. The fourth-order valence-electron chi connectivity index (χ4n) is 6.23. The summed E-state index contributed by atoms with van der Waals surface area (Å²) in [6.45, 7) is 8.31. The lowest BCUT2D eigenvalue weighted by molar-refractivity contribution is -0.384. The monoisotopic (exact) mass is 568 g/mol. The summed E-state index contributed by atoms with van der Waals surface area (Å²) in [5.41, 5.74) is 2.31. The van der Waals surface area contributed by atoms with Crippen LogP contribution in [0, 0.1) is 20.9 Å². The SMILES string of the molecule is CC1(C)CC(=O)C2=C(C1)OC1=C(C(=O)CC(C)(C)C1)C2c1ccccc1OCc1cn(-c2cccc([N+](=O)[O-])c2)nn1. The van der Waals surface area contributed by atoms with Crippen LogP contribution in [-0.4, -0.2) is 31.5 Å². The Bertz CT molecular complexity index is 1640. The zero-order valence-corrected chi connectivity index (χ0v) is 24.0. The molecule has 216 valence electrons. The van der Waals surface area contributed by atoms with Crippen molar-refractivity contribution in [3.8, 4) is 11.4 Å². The topological polar surface area (TPSA) is 126 Å². The van der Waals surface area contributed by atoms with E-state index in [4.69, 9.17) is 9.47 Å². The number of Topliss-reactive ketones (excluding diaryl/α,β-unsaturated/α-hetero) is 2. The van der Waals surface area contributed by atoms with Gasteiger partial charge < -0.3 is 9.47 Å². The minimum absolute atomic E-state index is 0.00913. The molecule has 0 saturated heterocycles. The van der Waals surface area contributed by atoms with Crippen LogP contribution in [-0.2, 0) is 20.9 Å². The van der Waals surface area contributed by atoms with E-state index in [0.717, 1.165) is 5.56 Å². The van der Waals surface area contributed by atoms with Gasteiger partial charge in [0.25, 0.3) is 5.69 Å². The Balaban J connectivity index is 1.35. The Morgan fingerprint density at radius 2 is 1.60 bits per heavy atom. The second kappa shape index (κ2) is 10.0. The fourth-order valence-corrected chi connectivity index (χ4v) is 6.23. The fraction of sp³-hybridized carbons (Fsp3) is 0.375. The lowest BCUT2D eigenvalue weighted by atomic mass is 9.65. The first-order valence-electron chi connectivity index (χ1n) is 14.0. The van der Waals surface area contributed by atoms with Crippen molar-refractivity contribution in [3.05, 3.63) is 98.8 Å². The number of nitro benzene ring substituents is 1. The number of non-ortho nitro benzene ring substituents is 1. The standard InChI is InChI=1S/C32H32N4O6/c1-31(2)13-23(37)29-26(15-31)42-27-16-32(3,4)14-24(38)30(27)28(29)22-10-5-6-11-25(22)41-18-19-17-35(34-33-19)20-8-7-9-21(12-20)36(39)40/h5-12,17,28H,13-16,18H2,1-4H3. The number of hydrogen-bond acceptors (Lipinski definition) is 8. The summed E-state index contributed by atoms with van der Waals surface area (Å²) >= 11 is 0. The minimum atomic E-state index is -0.576. The highest BCUT2D eigenvalue weighted by molar-refractivity contribution is 6.06. The zero-order valence-electron chi connectivity index (χ0n) is 24.0. The van der Waals surface area contributed by atoms with Crippen LogP contribution in [0.1, 0.15) is 70.6 Å². The van der Waals surface area contributed by atoms with Crippen LogP contribution in [0.5, 0.6) is 5.75 Å². The summed E-state index contributed by atoms with van der Waals surface area (Å²) in [7, 11) is 0. The van der Waals surface area contributed by atoms with Gasteiger partial charge in [0.2, 0.25) is 0 Å². The second-order valence-electron chi connectivity index (χ2n) is 12.8. The smallest absolute Gasteiger partial charge is 0.271 e. The normalized spacial score (nSPS) is 19.7. The number of para-hydroxylation sites is 1. The molecule has 0 fully saturated rings. The molecule has 0 radical (unpaired) electrons. The van der Waals surface area contributed by atoms with Crippen molar-refractivity contribution in [1.29, 1.82) is 0 Å². The zero-order chi connectivity index (χ0) is 29.8. The number of allylic oxidation sites excluding steroid dienone is 4. The lowest BCUT2D eigenvalue weighted by Crippen LogP contribution is -2.37. The van der Waals surface area contributed by atoms with Gasteiger partial charge in [0.15, 0.2) is 11.6 Å². The number of rotatable bonds is 6. The van der Waals surface area contributed by atoms with Gasteiger partial charge in [0.05, 0.1) is 22.7 Å². The van der Waals surface area contributed by atoms with Crippen molar-refractivity contribution in [2.75, 3.05) is 0 Å². The summed E-state index contributed by atoms with van der Waals surface area (Å²) in [5, 5.41) is 19.5. The number of carbonyl (C=O) groups is 2. The van der Waals surface area contributed by atoms with E-state index in [1.807, 2.05) is 24.3 Å². The van der Waals surface area contributed by atoms with Gasteiger partial charge in [-0.15, -0.1) is 5.10 Å². The Morgan fingerprint density at radius 3 is 2.24 bits per heavy atom. The third-order valence-electron chi connectivity index (χ3n) is 8.03. The number of ketones is 2. The molecule has 3 aromatic rings. The van der Waals surface area contributed by atoms with Crippen LogP contribution in [0.25, 0.3) is 5.69 Å². The number of carbonyl (C=O) groups excluding carboxylic acids is 2. The Morgan fingerprint density at radius 1 is 0.952 bits per heavy atom. The van der Waals surface area contributed by atoms with Crippen LogP contribution in [0.3, 0.4) is 0 Å². The molecule has 0 unspecified atom stereocenters. The molecule has 0 bridgehead atoms. The minimum Gasteiger partial charge on any atom is -0.487 e. The summed E-state index contributed by atoms with van der Waals surface area (Å²) in [5.74, 6) is 1.24. The van der Waals surface area contributed by atoms with Gasteiger partial charge >= 0.3 is 0 Å². The van der Waals surface area contributed by atoms with Gasteiger partial charge in [-0.1, -0.05) is 57.2 Å². The number of ether oxygens (including phenoxy) is 2. The van der Waals surface area contributed by atoms with Crippen LogP contribution in [0.2, 0.25) is 0 Å². The van der Waals surface area contributed by atoms with E-state index in [1.165, 1.54) is 16.8 Å². The van der Waals surface area contributed by atoms with Crippen molar-refractivity contribution in [3.63, 3.8) is 0 Å². The molecule has 0 amide bonds. The van der Waals surface area contributed by atoms with Gasteiger partial charge in [-0.2, -0.15) is 0 Å². The average Bonchev–Trinajstić information content (AvgIpc) is 3.39. The summed E-state index contributed by atoms with van der Waals surface area (Å²) in [6, 6.07) is 13.6. The van der Waals surface area contributed by atoms with E-state index in [2.05, 4.69) is 38.0 Å². The van der Waals surface area contributed by atoms with Crippen LogP contribution in [0.15, 0.2) is 77.4 Å². The van der Waals surface area contributed by atoms with E-state index in [9.17, 15) is 19.7 Å². The maximum atomic E-state index is 13.7. The Kier molecular flexibility index (Phi) is 6.59. The van der Waals surface area contributed by atoms with Gasteiger partial charge in [0.1, 0.15) is 29.6 Å². The molecule has 2 heterocycles. The highest BCUT2D eigenvalue weighted by Crippen LogP contribution is 2.54. The molecular weight excluding hydrogens is 536 g/mol. The van der Waals surface area contributed by atoms with Gasteiger partial charge in [0, 0.05) is 54.5 Å². The van der Waals surface area contributed by atoms with Crippen LogP contribution < -0.4 is 4.74 Å². The molecule has 1 aliphatic heterocycles. The molecule has 2 aliphatic carbocycles. The number of hydrogen-bond donors (Lipinski definition) is 0. The summed E-state index contributed by atoms with van der Waals surface area (Å²) < 4.78 is 14.1. The number of nitro groups is 1. The molecule has 0 spiro atoms. The summed E-state index contributed by atoms with van der Waals surface area (Å²) in [6.07, 6.45) is 3.62. The maximum Gasteiger partial charge on any atom is 0.271 e. The third-order valence-corrected chi connectivity index (χ3v) is 8.03. The van der Waals surface area contributed by atoms with Gasteiger partial charge in [-0.25, -0.2) is 4.68 Å². The van der Waals surface area contributed by atoms with Gasteiger partial charge in [-0.05, 0) is 23.0 Å². The first-order chi connectivity index (χ1) is 19.9. The van der Waals surface area contributed by atoms with Crippen molar-refractivity contribution >= 4 is 17.3 Å². The first-order valence-corrected chi connectivity index (χ1v) is 14.0. The highest BCUT2D eigenvalue weighted by atomic mass is 16.6. The molecule has 0 N–H and O–H groups in total. The first kappa shape index (κ1) is 27.6. The van der Waals surface area contributed by atoms with Crippen molar-refractivity contribution < 1.29 is 24.0 Å².